The molecule has 0 rings (SSSR count). The van der Waals surface area contributed by atoms with Gasteiger partial charge >= 0.3 is 0 Å². The van der Waals surface area contributed by atoms with E-state index in [1.54, 1.807) is 0 Å². The third-order valence-corrected chi connectivity index (χ3v) is 2.01. The van der Waals surface area contributed by atoms with Crippen molar-refractivity contribution in [2.45, 2.75) is 58.8 Å². The summed E-state index contributed by atoms with van der Waals surface area (Å²) in [5.41, 5.74) is 0. The van der Waals surface area contributed by atoms with Crippen LogP contribution in [-0.2, 0) is 9.59 Å². The zero-order chi connectivity index (χ0) is 12.9. The molecule has 0 radical (unpaired) electrons. The molecule has 0 unspecified atom stereocenters. The summed E-state index contributed by atoms with van der Waals surface area (Å²) in [6.07, 6.45) is 4.72. The van der Waals surface area contributed by atoms with Crippen molar-refractivity contribution in [2.75, 3.05) is 0 Å². The van der Waals surface area contributed by atoms with Crippen molar-refractivity contribution >= 4 is 11.6 Å². The van der Waals surface area contributed by atoms with E-state index in [-0.39, 0.29) is 11.6 Å². The van der Waals surface area contributed by atoms with Crippen molar-refractivity contribution in [3.05, 3.63) is 0 Å². The Hall–Kier alpha value is -1.54. The number of rotatable bonds is 6. The number of Topliss-reactive ketones (excluding diaryl/α,β-unsaturated/α-hetero) is 2. The van der Waals surface area contributed by atoms with Crippen LogP contribution < -0.4 is 0 Å². The Kier molecular flexibility index (Phi) is 9.97. The van der Waals surface area contributed by atoms with Crippen LogP contribution in [-0.4, -0.2) is 11.6 Å². The van der Waals surface area contributed by atoms with Crippen molar-refractivity contribution in [1.82, 2.24) is 0 Å². The summed E-state index contributed by atoms with van der Waals surface area (Å²) in [6, 6.07) is 0. The maximum Gasteiger partial charge on any atom is 0.205 e. The van der Waals surface area contributed by atoms with Gasteiger partial charge in [-0.3, -0.25) is 9.59 Å². The summed E-state index contributed by atoms with van der Waals surface area (Å²) in [6.45, 7) is 4.04. The summed E-state index contributed by atoms with van der Waals surface area (Å²) >= 11 is 0. The normalized spacial score (nSPS) is 8.59. The molecular weight excluding hydrogens is 212 g/mol. The van der Waals surface area contributed by atoms with Crippen LogP contribution in [0.25, 0.3) is 0 Å². The van der Waals surface area contributed by atoms with Gasteiger partial charge in [-0.15, -0.1) is 0 Å². The van der Waals surface area contributed by atoms with Crippen molar-refractivity contribution in [1.29, 1.82) is 0 Å². The fraction of sp³-hybridized carbons (Fsp3) is 0.600. The lowest BCUT2D eigenvalue weighted by molar-refractivity contribution is -0.115. The molecule has 2 heteroatoms. The van der Waals surface area contributed by atoms with E-state index in [0.29, 0.717) is 19.3 Å². The predicted molar refractivity (Wildman–Crippen MR) is 69.2 cm³/mol. The average Bonchev–Trinajstić information content (AvgIpc) is 2.30. The first-order chi connectivity index (χ1) is 8.20. The molecule has 0 aromatic carbocycles. The third-order valence-electron chi connectivity index (χ3n) is 2.01. The molecule has 92 valence electrons. The van der Waals surface area contributed by atoms with Gasteiger partial charge in [-0.05, 0) is 31.1 Å². The topological polar surface area (TPSA) is 34.1 Å². The summed E-state index contributed by atoms with van der Waals surface area (Å²) in [5.74, 6) is 10.6. The van der Waals surface area contributed by atoms with Crippen LogP contribution in [0.1, 0.15) is 58.8 Å². The molecule has 0 amide bonds. The standard InChI is InChI=1S/C15H20O2/c1-3-5-7-10-14(16)12-9-13-15(17)11-8-6-4-2/h3-6,9,12-13H2,1-2H3. The maximum atomic E-state index is 11.2. The molecule has 0 saturated carbocycles. The molecule has 0 aliphatic heterocycles. The molecule has 0 aliphatic carbocycles. The van der Waals surface area contributed by atoms with Crippen molar-refractivity contribution in [2.24, 2.45) is 0 Å². The Bertz CT molecular complexity index is 322. The maximum absolute atomic E-state index is 11.2. The van der Waals surface area contributed by atoms with E-state index in [1.807, 2.05) is 13.8 Å². The summed E-state index contributed by atoms with van der Waals surface area (Å²) in [7, 11) is 0. The molecule has 0 fully saturated rings. The number of hydrogen-bond acceptors (Lipinski definition) is 2. The van der Waals surface area contributed by atoms with Crippen LogP contribution in [0.15, 0.2) is 0 Å². The Morgan fingerprint density at radius 2 is 1.24 bits per heavy atom. The van der Waals surface area contributed by atoms with Gasteiger partial charge in [0.15, 0.2) is 0 Å². The quantitative estimate of drug-likeness (QED) is 0.521. The Morgan fingerprint density at radius 1 is 0.824 bits per heavy atom. The molecule has 0 aromatic rings. The van der Waals surface area contributed by atoms with Gasteiger partial charge in [0.25, 0.3) is 0 Å². The molecule has 0 aliphatic rings. The van der Waals surface area contributed by atoms with E-state index in [1.165, 1.54) is 0 Å². The number of carbonyl (C=O) groups is 2. The second-order valence-electron chi connectivity index (χ2n) is 3.80. The highest BCUT2D eigenvalue weighted by atomic mass is 16.1. The average molecular weight is 232 g/mol. The van der Waals surface area contributed by atoms with Crippen molar-refractivity contribution in [3.63, 3.8) is 0 Å². The molecule has 0 N–H and O–H groups in total. The monoisotopic (exact) mass is 232 g/mol. The lowest BCUT2D eigenvalue weighted by Gasteiger charge is -1.91. The van der Waals surface area contributed by atoms with E-state index < -0.39 is 0 Å². The number of unbranched alkanes of at least 4 members (excludes halogenated alkanes) is 2. The van der Waals surface area contributed by atoms with Gasteiger partial charge in [0.1, 0.15) is 0 Å². The van der Waals surface area contributed by atoms with Gasteiger partial charge in [0, 0.05) is 25.7 Å². The Balaban J connectivity index is 3.71. The smallest absolute Gasteiger partial charge is 0.205 e. The third kappa shape index (κ3) is 10.7. The zero-order valence-corrected chi connectivity index (χ0v) is 10.8. The molecule has 0 heterocycles. The first kappa shape index (κ1) is 15.5. The molecule has 0 spiro atoms. The Morgan fingerprint density at radius 3 is 1.59 bits per heavy atom. The lowest BCUT2D eigenvalue weighted by atomic mass is 10.1. The first-order valence-electron chi connectivity index (χ1n) is 6.24. The summed E-state index contributed by atoms with van der Waals surface area (Å²) in [5, 5.41) is 0. The SMILES string of the molecule is CCCC#CC(=O)CCCC(=O)C#CCCC. The molecule has 0 aromatic heterocycles. The van der Waals surface area contributed by atoms with Crippen LogP contribution >= 0.6 is 0 Å². The molecule has 0 bridgehead atoms. The van der Waals surface area contributed by atoms with Crippen LogP contribution in [0.3, 0.4) is 0 Å². The van der Waals surface area contributed by atoms with Crippen LogP contribution in [0.5, 0.6) is 0 Å². The molecule has 0 saturated heterocycles. The van der Waals surface area contributed by atoms with Crippen LogP contribution in [0, 0.1) is 23.7 Å². The fourth-order valence-electron chi connectivity index (χ4n) is 1.11. The van der Waals surface area contributed by atoms with Gasteiger partial charge in [0.05, 0.1) is 0 Å². The summed E-state index contributed by atoms with van der Waals surface area (Å²) in [4.78, 5) is 22.5. The largest absolute Gasteiger partial charge is 0.285 e. The first-order valence-corrected chi connectivity index (χ1v) is 6.24. The van der Waals surface area contributed by atoms with Gasteiger partial charge in [-0.1, -0.05) is 25.7 Å². The summed E-state index contributed by atoms with van der Waals surface area (Å²) < 4.78 is 0. The minimum absolute atomic E-state index is 0.0761. The lowest BCUT2D eigenvalue weighted by Crippen LogP contribution is -1.98. The minimum atomic E-state index is -0.0761. The van der Waals surface area contributed by atoms with Gasteiger partial charge in [0.2, 0.25) is 11.6 Å². The highest BCUT2D eigenvalue weighted by Crippen LogP contribution is 1.97. The second kappa shape index (κ2) is 11.0. The highest BCUT2D eigenvalue weighted by Gasteiger charge is 2.00. The minimum Gasteiger partial charge on any atom is -0.285 e. The zero-order valence-electron chi connectivity index (χ0n) is 10.8. The predicted octanol–water partition coefficient (Wildman–Crippen LogP) is 2.90. The molecule has 0 atom stereocenters. The van der Waals surface area contributed by atoms with E-state index in [2.05, 4.69) is 23.7 Å². The van der Waals surface area contributed by atoms with E-state index >= 15 is 0 Å². The Labute approximate surface area is 104 Å². The number of hydrogen-bond donors (Lipinski definition) is 0. The van der Waals surface area contributed by atoms with E-state index in [0.717, 1.165) is 25.7 Å². The highest BCUT2D eigenvalue weighted by molar-refractivity contribution is 5.97. The molecule has 2 nitrogen and oxygen atoms in total. The van der Waals surface area contributed by atoms with Crippen LogP contribution in [0.4, 0.5) is 0 Å². The van der Waals surface area contributed by atoms with Gasteiger partial charge < -0.3 is 0 Å². The van der Waals surface area contributed by atoms with Crippen molar-refractivity contribution in [3.8, 4) is 23.7 Å². The van der Waals surface area contributed by atoms with Crippen molar-refractivity contribution < 1.29 is 9.59 Å². The molecule has 17 heavy (non-hydrogen) atoms. The van der Waals surface area contributed by atoms with Crippen LogP contribution in [0.2, 0.25) is 0 Å². The van der Waals surface area contributed by atoms with E-state index in [9.17, 15) is 9.59 Å². The number of carbonyl (C=O) groups excluding carboxylic acids is 2. The second-order valence-corrected chi connectivity index (χ2v) is 3.80. The molecular formula is C15H20O2. The van der Waals surface area contributed by atoms with E-state index in [4.69, 9.17) is 0 Å². The fourth-order valence-corrected chi connectivity index (χ4v) is 1.11. The van der Waals surface area contributed by atoms with Gasteiger partial charge in [-0.25, -0.2) is 0 Å². The van der Waals surface area contributed by atoms with Gasteiger partial charge in [-0.2, -0.15) is 0 Å². The number of ketones is 2.